The van der Waals surface area contributed by atoms with Crippen molar-refractivity contribution in [2.45, 2.75) is 13.0 Å². The van der Waals surface area contributed by atoms with E-state index in [4.69, 9.17) is 16.0 Å². The molecule has 144 valence electrons. The Balaban J connectivity index is 1.62. The molecule has 0 aliphatic carbocycles. The molecule has 0 aliphatic heterocycles. The SMILES string of the molecule is C[C@H](NCC(=O)Nc1ccccc1C(=O)Nc1ccc(Cl)cc1)c1ccco1. The Labute approximate surface area is 167 Å². The van der Waals surface area contributed by atoms with Gasteiger partial charge in [-0.05, 0) is 55.5 Å². The van der Waals surface area contributed by atoms with Crippen LogP contribution < -0.4 is 16.0 Å². The Bertz CT molecular complexity index is 940. The molecule has 6 nitrogen and oxygen atoms in total. The molecule has 3 rings (SSSR count). The van der Waals surface area contributed by atoms with E-state index < -0.39 is 0 Å². The topological polar surface area (TPSA) is 83.4 Å². The number of anilines is 2. The molecule has 1 atom stereocenters. The molecular formula is C21H20ClN3O3. The van der Waals surface area contributed by atoms with Crippen molar-refractivity contribution in [3.8, 4) is 0 Å². The van der Waals surface area contributed by atoms with Crippen LogP contribution in [0.1, 0.15) is 29.1 Å². The molecule has 0 spiro atoms. The first-order valence-corrected chi connectivity index (χ1v) is 9.13. The normalized spacial score (nSPS) is 11.6. The van der Waals surface area contributed by atoms with Crippen LogP contribution in [0.15, 0.2) is 71.3 Å². The molecule has 3 aromatic rings. The smallest absolute Gasteiger partial charge is 0.257 e. The summed E-state index contributed by atoms with van der Waals surface area (Å²) in [7, 11) is 0. The van der Waals surface area contributed by atoms with E-state index in [1.54, 1.807) is 60.9 Å². The highest BCUT2D eigenvalue weighted by Gasteiger charge is 2.15. The van der Waals surface area contributed by atoms with Crippen LogP contribution in [-0.4, -0.2) is 18.4 Å². The molecule has 0 aliphatic rings. The van der Waals surface area contributed by atoms with Gasteiger partial charge in [0, 0.05) is 10.7 Å². The lowest BCUT2D eigenvalue weighted by atomic mass is 10.1. The fourth-order valence-corrected chi connectivity index (χ4v) is 2.73. The van der Waals surface area contributed by atoms with Gasteiger partial charge in [0.25, 0.3) is 5.91 Å². The largest absolute Gasteiger partial charge is 0.468 e. The first kappa shape index (κ1) is 19.7. The number of hydrogen-bond donors (Lipinski definition) is 3. The summed E-state index contributed by atoms with van der Waals surface area (Å²) in [5.41, 5.74) is 1.42. The molecule has 2 amide bonds. The van der Waals surface area contributed by atoms with Crippen LogP contribution in [0.25, 0.3) is 0 Å². The number of nitrogens with one attached hydrogen (secondary N) is 3. The minimum atomic E-state index is -0.324. The lowest BCUT2D eigenvalue weighted by molar-refractivity contribution is -0.115. The van der Waals surface area contributed by atoms with Crippen molar-refractivity contribution >= 4 is 34.8 Å². The van der Waals surface area contributed by atoms with Gasteiger partial charge in [-0.2, -0.15) is 0 Å². The van der Waals surface area contributed by atoms with Crippen molar-refractivity contribution in [1.82, 2.24) is 5.32 Å². The van der Waals surface area contributed by atoms with E-state index in [1.807, 2.05) is 13.0 Å². The average molecular weight is 398 g/mol. The zero-order valence-electron chi connectivity index (χ0n) is 15.2. The molecule has 0 fully saturated rings. The Morgan fingerprint density at radius 3 is 2.46 bits per heavy atom. The zero-order valence-corrected chi connectivity index (χ0v) is 16.0. The summed E-state index contributed by atoms with van der Waals surface area (Å²) in [5, 5.41) is 9.23. The van der Waals surface area contributed by atoms with Crippen LogP contribution in [0.5, 0.6) is 0 Å². The number of carbonyl (C=O) groups excluding carboxylic acids is 2. The second-order valence-corrected chi connectivity index (χ2v) is 6.61. The molecule has 0 radical (unpaired) electrons. The van der Waals surface area contributed by atoms with E-state index in [0.717, 1.165) is 5.76 Å². The predicted molar refractivity (Wildman–Crippen MR) is 110 cm³/mol. The van der Waals surface area contributed by atoms with E-state index in [-0.39, 0.29) is 24.4 Å². The van der Waals surface area contributed by atoms with E-state index in [1.165, 1.54) is 0 Å². The van der Waals surface area contributed by atoms with Crippen LogP contribution in [0, 0.1) is 0 Å². The predicted octanol–water partition coefficient (Wildman–Crippen LogP) is 4.47. The number of halogens is 1. The van der Waals surface area contributed by atoms with Crippen LogP contribution in [0.4, 0.5) is 11.4 Å². The maximum atomic E-state index is 12.6. The Hall–Kier alpha value is -3.09. The lowest BCUT2D eigenvalue weighted by Crippen LogP contribution is -2.30. The maximum Gasteiger partial charge on any atom is 0.257 e. The number of amides is 2. The van der Waals surface area contributed by atoms with Crippen LogP contribution in [0.3, 0.4) is 0 Å². The van der Waals surface area contributed by atoms with Gasteiger partial charge in [-0.3, -0.25) is 14.9 Å². The highest BCUT2D eigenvalue weighted by Crippen LogP contribution is 2.19. The fourth-order valence-electron chi connectivity index (χ4n) is 2.60. The highest BCUT2D eigenvalue weighted by atomic mass is 35.5. The van der Waals surface area contributed by atoms with Crippen molar-refractivity contribution in [3.63, 3.8) is 0 Å². The maximum absolute atomic E-state index is 12.6. The molecule has 0 saturated heterocycles. The van der Waals surface area contributed by atoms with E-state index >= 15 is 0 Å². The van der Waals surface area contributed by atoms with Gasteiger partial charge in [-0.15, -0.1) is 0 Å². The van der Waals surface area contributed by atoms with Crippen LogP contribution >= 0.6 is 11.6 Å². The molecule has 3 N–H and O–H groups in total. The zero-order chi connectivity index (χ0) is 19.9. The summed E-state index contributed by atoms with van der Waals surface area (Å²) in [5.74, 6) is 0.163. The average Bonchev–Trinajstić information content (AvgIpc) is 3.23. The minimum Gasteiger partial charge on any atom is -0.468 e. The highest BCUT2D eigenvalue weighted by molar-refractivity contribution is 6.30. The van der Waals surface area contributed by atoms with Crippen molar-refractivity contribution in [1.29, 1.82) is 0 Å². The summed E-state index contributed by atoms with van der Waals surface area (Å²) in [6.07, 6.45) is 1.59. The second-order valence-electron chi connectivity index (χ2n) is 6.17. The molecule has 0 bridgehead atoms. The summed E-state index contributed by atoms with van der Waals surface area (Å²) in [4.78, 5) is 24.9. The summed E-state index contributed by atoms with van der Waals surface area (Å²) in [6, 6.07) is 17.2. The third-order valence-corrected chi connectivity index (χ3v) is 4.34. The molecule has 2 aromatic carbocycles. The van der Waals surface area contributed by atoms with Gasteiger partial charge in [-0.1, -0.05) is 23.7 Å². The first-order chi connectivity index (χ1) is 13.5. The van der Waals surface area contributed by atoms with E-state index in [9.17, 15) is 9.59 Å². The van der Waals surface area contributed by atoms with E-state index in [0.29, 0.717) is 22.0 Å². The van der Waals surface area contributed by atoms with Crippen molar-refractivity contribution in [2.24, 2.45) is 0 Å². The van der Waals surface area contributed by atoms with Crippen molar-refractivity contribution in [2.75, 3.05) is 17.2 Å². The minimum absolute atomic E-state index is 0.0784. The second kappa shape index (κ2) is 9.21. The number of rotatable bonds is 7. The third-order valence-electron chi connectivity index (χ3n) is 4.09. The number of para-hydroxylation sites is 1. The summed E-state index contributed by atoms with van der Waals surface area (Å²) >= 11 is 5.86. The molecule has 1 heterocycles. The van der Waals surface area contributed by atoms with Gasteiger partial charge in [-0.25, -0.2) is 0 Å². The Kier molecular flexibility index (Phi) is 6.47. The molecule has 1 aromatic heterocycles. The quantitative estimate of drug-likeness (QED) is 0.549. The standard InChI is InChI=1S/C21H20ClN3O3/c1-14(19-7-4-12-28-19)23-13-20(26)25-18-6-3-2-5-17(18)21(27)24-16-10-8-15(22)9-11-16/h2-12,14,23H,13H2,1H3,(H,24,27)(H,25,26)/t14-/m0/s1. The number of furan rings is 1. The van der Waals surface area contributed by atoms with Crippen molar-refractivity contribution < 1.29 is 14.0 Å². The van der Waals surface area contributed by atoms with Crippen LogP contribution in [-0.2, 0) is 4.79 Å². The number of benzene rings is 2. The Morgan fingerprint density at radius 1 is 1.00 bits per heavy atom. The van der Waals surface area contributed by atoms with Gasteiger partial charge in [0.2, 0.25) is 5.91 Å². The van der Waals surface area contributed by atoms with Crippen molar-refractivity contribution in [3.05, 3.63) is 83.3 Å². The first-order valence-electron chi connectivity index (χ1n) is 8.75. The lowest BCUT2D eigenvalue weighted by Gasteiger charge is -2.14. The van der Waals surface area contributed by atoms with Crippen LogP contribution in [0.2, 0.25) is 5.02 Å². The molecular weight excluding hydrogens is 378 g/mol. The number of carbonyl (C=O) groups is 2. The van der Waals surface area contributed by atoms with Gasteiger partial charge >= 0.3 is 0 Å². The Morgan fingerprint density at radius 2 is 1.75 bits per heavy atom. The summed E-state index contributed by atoms with van der Waals surface area (Å²) < 4.78 is 5.30. The third kappa shape index (κ3) is 5.22. The summed E-state index contributed by atoms with van der Waals surface area (Å²) in [6.45, 7) is 1.98. The van der Waals surface area contributed by atoms with Gasteiger partial charge in [0.1, 0.15) is 5.76 Å². The fraction of sp³-hybridized carbons (Fsp3) is 0.143. The number of hydrogen-bond acceptors (Lipinski definition) is 4. The van der Waals surface area contributed by atoms with Gasteiger partial charge in [0.05, 0.1) is 30.1 Å². The van der Waals surface area contributed by atoms with E-state index in [2.05, 4.69) is 16.0 Å². The molecule has 28 heavy (non-hydrogen) atoms. The monoisotopic (exact) mass is 397 g/mol. The molecule has 0 unspecified atom stereocenters. The van der Waals surface area contributed by atoms with Gasteiger partial charge < -0.3 is 15.1 Å². The molecule has 7 heteroatoms. The molecule has 0 saturated carbocycles. The van der Waals surface area contributed by atoms with Gasteiger partial charge in [0.15, 0.2) is 0 Å².